The van der Waals surface area contributed by atoms with E-state index in [0.29, 0.717) is 0 Å². The highest BCUT2D eigenvalue weighted by atomic mass is 14.9. The van der Waals surface area contributed by atoms with Crippen LogP contribution in [-0.2, 0) is 0 Å². The minimum Gasteiger partial charge on any atom is -0.315 e. The summed E-state index contributed by atoms with van der Waals surface area (Å²) in [5.41, 5.74) is 3.69. The summed E-state index contributed by atoms with van der Waals surface area (Å²) in [6, 6.07) is 8.12. The second-order valence-corrected chi connectivity index (χ2v) is 5.30. The number of benzene rings is 1. The molecule has 2 unspecified atom stereocenters. The van der Waals surface area contributed by atoms with Gasteiger partial charge in [-0.25, -0.2) is 0 Å². The minimum absolute atomic E-state index is 0.00675. The molecule has 0 saturated carbocycles. The fraction of sp³-hybridized carbons (Fsp3) is 0.286. The van der Waals surface area contributed by atoms with Crippen molar-refractivity contribution < 1.29 is 0 Å². The van der Waals surface area contributed by atoms with E-state index in [9.17, 15) is 0 Å². The van der Waals surface area contributed by atoms with Crippen LogP contribution >= 0.6 is 0 Å². The fourth-order valence-corrected chi connectivity index (χ4v) is 2.21. The maximum atomic E-state index is 5.51. The molecule has 0 spiro atoms. The van der Waals surface area contributed by atoms with Crippen LogP contribution < -0.4 is 5.32 Å². The van der Waals surface area contributed by atoms with Crippen molar-refractivity contribution in [1.29, 1.82) is 0 Å². The highest BCUT2D eigenvalue weighted by Crippen LogP contribution is 2.22. The van der Waals surface area contributed by atoms with Gasteiger partial charge in [0.2, 0.25) is 0 Å². The number of nitrogens with one attached hydrogen (secondary N) is 1. The Kier molecular flexibility index (Phi) is 7.61. The van der Waals surface area contributed by atoms with Crippen molar-refractivity contribution in [2.24, 2.45) is 4.99 Å². The van der Waals surface area contributed by atoms with Gasteiger partial charge in [0, 0.05) is 22.9 Å². The highest BCUT2D eigenvalue weighted by molar-refractivity contribution is 5.94. The first-order valence-corrected chi connectivity index (χ1v) is 7.65. The molecule has 1 N–H and O–H groups in total. The van der Waals surface area contributed by atoms with Crippen LogP contribution in [0.2, 0.25) is 0 Å². The molecule has 118 valence electrons. The Hall–Kier alpha value is -2.55. The number of allylic oxidation sites excluding steroid dienone is 4. The molecule has 23 heavy (non-hydrogen) atoms. The first kappa shape index (κ1) is 18.5. The third kappa shape index (κ3) is 5.62. The molecule has 2 heteroatoms. The monoisotopic (exact) mass is 304 g/mol. The van der Waals surface area contributed by atoms with Crippen molar-refractivity contribution in [2.45, 2.75) is 32.9 Å². The van der Waals surface area contributed by atoms with Crippen molar-refractivity contribution in [1.82, 2.24) is 5.32 Å². The first-order chi connectivity index (χ1) is 11.0. The largest absolute Gasteiger partial charge is 0.315 e. The van der Waals surface area contributed by atoms with Crippen molar-refractivity contribution >= 4 is 5.71 Å². The Morgan fingerprint density at radius 1 is 1.26 bits per heavy atom. The van der Waals surface area contributed by atoms with Gasteiger partial charge in [-0.15, -0.1) is 12.8 Å². The SMILES string of the molecule is C#CC(/C=C\C)=C/C(C)=NC(c1ccc(C#C)cc1)C(C)NC. The van der Waals surface area contributed by atoms with Crippen molar-refractivity contribution in [3.05, 3.63) is 59.2 Å². The second-order valence-electron chi connectivity index (χ2n) is 5.30. The van der Waals surface area contributed by atoms with E-state index in [2.05, 4.69) is 24.1 Å². The molecular weight excluding hydrogens is 280 g/mol. The van der Waals surface area contributed by atoms with E-state index in [1.54, 1.807) is 0 Å². The van der Waals surface area contributed by atoms with Crippen LogP contribution in [0.4, 0.5) is 0 Å². The molecule has 0 aliphatic carbocycles. The van der Waals surface area contributed by atoms with Gasteiger partial charge in [0.05, 0.1) is 6.04 Å². The van der Waals surface area contributed by atoms with Gasteiger partial charge in [-0.1, -0.05) is 36.1 Å². The van der Waals surface area contributed by atoms with Gasteiger partial charge in [0.15, 0.2) is 0 Å². The van der Waals surface area contributed by atoms with E-state index < -0.39 is 0 Å². The van der Waals surface area contributed by atoms with Gasteiger partial charge >= 0.3 is 0 Å². The number of likely N-dealkylation sites (N-methyl/N-ethyl adjacent to an activating group) is 1. The number of terminal acetylenes is 2. The zero-order valence-electron chi connectivity index (χ0n) is 14.3. The maximum Gasteiger partial charge on any atom is 0.0902 e. The molecule has 0 amide bonds. The van der Waals surface area contributed by atoms with E-state index in [-0.39, 0.29) is 12.1 Å². The van der Waals surface area contributed by atoms with Crippen LogP contribution in [0.15, 0.2) is 53.1 Å². The molecule has 2 atom stereocenters. The van der Waals surface area contributed by atoms with Crippen LogP contribution in [-0.4, -0.2) is 18.8 Å². The quantitative estimate of drug-likeness (QED) is 0.481. The lowest BCUT2D eigenvalue weighted by Crippen LogP contribution is -2.28. The summed E-state index contributed by atoms with van der Waals surface area (Å²) in [4.78, 5) is 4.84. The topological polar surface area (TPSA) is 24.4 Å². The molecule has 0 heterocycles. The summed E-state index contributed by atoms with van der Waals surface area (Å²) in [5.74, 6) is 5.29. The van der Waals surface area contributed by atoms with Gasteiger partial charge in [-0.3, -0.25) is 4.99 Å². The number of hydrogen-bond acceptors (Lipinski definition) is 2. The Balaban J connectivity index is 3.19. The molecule has 2 nitrogen and oxygen atoms in total. The Morgan fingerprint density at radius 3 is 2.39 bits per heavy atom. The predicted molar refractivity (Wildman–Crippen MR) is 100 cm³/mol. The molecule has 0 radical (unpaired) electrons. The van der Waals surface area contributed by atoms with Crippen LogP contribution in [0, 0.1) is 24.7 Å². The van der Waals surface area contributed by atoms with E-state index in [1.807, 2.05) is 63.4 Å². The van der Waals surface area contributed by atoms with E-state index in [1.165, 1.54) is 0 Å². The van der Waals surface area contributed by atoms with Gasteiger partial charge in [0.25, 0.3) is 0 Å². The zero-order chi connectivity index (χ0) is 17.2. The molecule has 0 aliphatic rings. The van der Waals surface area contributed by atoms with Gasteiger partial charge in [-0.05, 0) is 51.6 Å². The zero-order valence-corrected chi connectivity index (χ0v) is 14.3. The molecule has 1 aromatic carbocycles. The Morgan fingerprint density at radius 2 is 1.91 bits per heavy atom. The summed E-state index contributed by atoms with van der Waals surface area (Å²) >= 11 is 0. The molecule has 1 rings (SSSR count). The lowest BCUT2D eigenvalue weighted by molar-refractivity contribution is 0.509. The fourth-order valence-electron chi connectivity index (χ4n) is 2.21. The van der Waals surface area contributed by atoms with Crippen LogP contribution in [0.25, 0.3) is 0 Å². The third-order valence-electron chi connectivity index (χ3n) is 3.57. The highest BCUT2D eigenvalue weighted by Gasteiger charge is 2.17. The number of rotatable bonds is 6. The number of hydrogen-bond donors (Lipinski definition) is 1. The average Bonchev–Trinajstić information content (AvgIpc) is 2.58. The summed E-state index contributed by atoms with van der Waals surface area (Å²) in [7, 11) is 1.93. The second kappa shape index (κ2) is 9.46. The Labute approximate surface area is 140 Å². The molecule has 0 bridgehead atoms. The summed E-state index contributed by atoms with van der Waals surface area (Å²) < 4.78 is 0. The summed E-state index contributed by atoms with van der Waals surface area (Å²) in [6.45, 7) is 6.01. The van der Waals surface area contributed by atoms with Gasteiger partial charge < -0.3 is 5.32 Å². The van der Waals surface area contributed by atoms with Gasteiger partial charge in [-0.2, -0.15) is 0 Å². The predicted octanol–water partition coefficient (Wildman–Crippen LogP) is 3.91. The molecule has 0 aliphatic heterocycles. The van der Waals surface area contributed by atoms with E-state index in [0.717, 1.165) is 22.4 Å². The normalized spacial score (nSPS) is 15.0. The molecule has 0 saturated heterocycles. The van der Waals surface area contributed by atoms with E-state index >= 15 is 0 Å². The molecule has 0 fully saturated rings. The van der Waals surface area contributed by atoms with Crippen molar-refractivity contribution in [2.75, 3.05) is 7.05 Å². The van der Waals surface area contributed by atoms with Crippen LogP contribution in [0.1, 0.15) is 37.9 Å². The van der Waals surface area contributed by atoms with Crippen LogP contribution in [0.3, 0.4) is 0 Å². The number of aliphatic imine (C=N–C) groups is 1. The van der Waals surface area contributed by atoms with Crippen molar-refractivity contribution in [3.63, 3.8) is 0 Å². The Bertz CT molecular complexity index is 676. The summed E-state index contributed by atoms with van der Waals surface area (Å²) in [6.07, 6.45) is 16.7. The molecular formula is C21H24N2. The standard InChI is InChI=1S/C21H24N2/c1-7-10-19(9-3)15-16(4)23-21(17(5)22-6)20-13-11-18(8-2)12-14-20/h2-3,7,10-15,17,21-22H,1,4-6H3/b10-7-,19-15-,23-16?. The molecule has 1 aromatic rings. The average molecular weight is 304 g/mol. The smallest absolute Gasteiger partial charge is 0.0902 e. The lowest BCUT2D eigenvalue weighted by Gasteiger charge is -2.21. The van der Waals surface area contributed by atoms with Crippen LogP contribution in [0.5, 0.6) is 0 Å². The van der Waals surface area contributed by atoms with E-state index in [4.69, 9.17) is 17.8 Å². The maximum absolute atomic E-state index is 5.51. The molecule has 0 aromatic heterocycles. The first-order valence-electron chi connectivity index (χ1n) is 7.65. The van der Waals surface area contributed by atoms with Crippen molar-refractivity contribution in [3.8, 4) is 24.7 Å². The third-order valence-corrected chi connectivity index (χ3v) is 3.57. The van der Waals surface area contributed by atoms with Gasteiger partial charge in [0.1, 0.15) is 0 Å². The number of nitrogens with zero attached hydrogens (tertiary/aromatic N) is 1. The summed E-state index contributed by atoms with van der Waals surface area (Å²) in [5, 5.41) is 3.27. The lowest BCUT2D eigenvalue weighted by atomic mass is 9.99. The minimum atomic E-state index is -0.00675.